The van der Waals surface area contributed by atoms with Gasteiger partial charge in [-0.1, -0.05) is 12.1 Å². The Kier molecular flexibility index (Phi) is 8.32. The zero-order chi connectivity index (χ0) is 13.4. The molecule has 1 aromatic carbocycles. The lowest BCUT2D eigenvalue weighted by Crippen LogP contribution is -2.24. The van der Waals surface area contributed by atoms with Gasteiger partial charge in [0.1, 0.15) is 0 Å². The lowest BCUT2D eigenvalue weighted by molar-refractivity contribution is 0.0696. The Morgan fingerprint density at radius 3 is 2.74 bits per heavy atom. The molecular weight excluding hydrogens is 272 g/mol. The number of amides is 1. The van der Waals surface area contributed by atoms with Gasteiger partial charge in [0.15, 0.2) is 0 Å². The maximum absolute atomic E-state index is 11.2. The minimum absolute atomic E-state index is 0. The van der Waals surface area contributed by atoms with Crippen molar-refractivity contribution in [3.63, 3.8) is 0 Å². The van der Waals surface area contributed by atoms with Gasteiger partial charge in [0.05, 0.1) is 12.2 Å². The molecule has 0 bridgehead atoms. The Morgan fingerprint density at radius 1 is 1.37 bits per heavy atom. The maximum atomic E-state index is 11.2. The van der Waals surface area contributed by atoms with Crippen LogP contribution in [0.2, 0.25) is 0 Å². The number of carboxylic acids is 1. The topological polar surface area (TPSA) is 102 Å². The first-order valence-corrected chi connectivity index (χ1v) is 5.56. The Balaban J connectivity index is 0.00000324. The van der Waals surface area contributed by atoms with Crippen LogP contribution in [-0.2, 0) is 11.3 Å². The van der Waals surface area contributed by atoms with Crippen molar-refractivity contribution in [3.8, 4) is 0 Å². The Morgan fingerprint density at radius 2 is 2.11 bits per heavy atom. The molecule has 6 nitrogen and oxygen atoms in total. The number of hydrogen-bond donors (Lipinski definition) is 3. The van der Waals surface area contributed by atoms with Crippen molar-refractivity contribution in [2.24, 2.45) is 5.73 Å². The normalized spacial score (nSPS) is 9.32. The molecule has 0 atom stereocenters. The molecule has 0 saturated carbocycles. The molecule has 19 heavy (non-hydrogen) atoms. The first-order valence-electron chi connectivity index (χ1n) is 5.56. The molecule has 0 aliphatic rings. The molecule has 0 fully saturated rings. The lowest BCUT2D eigenvalue weighted by Gasteiger charge is -2.07. The summed E-state index contributed by atoms with van der Waals surface area (Å²) in [4.78, 5) is 22.0. The Labute approximate surface area is 117 Å². The molecule has 0 heterocycles. The first kappa shape index (κ1) is 17.2. The highest BCUT2D eigenvalue weighted by molar-refractivity contribution is 5.87. The zero-order valence-electron chi connectivity index (χ0n) is 10.3. The predicted molar refractivity (Wildman–Crippen MR) is 72.5 cm³/mol. The van der Waals surface area contributed by atoms with Gasteiger partial charge < -0.3 is 20.9 Å². The number of hydrogen-bond acceptors (Lipinski definition) is 4. The molecule has 0 saturated heterocycles. The molecule has 0 spiro atoms. The maximum Gasteiger partial charge on any atom is 0.407 e. The highest BCUT2D eigenvalue weighted by atomic mass is 35.5. The van der Waals surface area contributed by atoms with E-state index in [0.717, 1.165) is 0 Å². The van der Waals surface area contributed by atoms with Gasteiger partial charge in [0.2, 0.25) is 0 Å². The standard InChI is InChI=1S/C12H16N2O4.ClH/c13-5-2-6-18-12(17)14-8-9-3-1-4-10(7-9)11(15)16;/h1,3-4,7H,2,5-6,8,13H2,(H,14,17)(H,15,16);1H. The van der Waals surface area contributed by atoms with Crippen molar-refractivity contribution in [1.82, 2.24) is 5.32 Å². The van der Waals surface area contributed by atoms with E-state index in [9.17, 15) is 9.59 Å². The molecule has 4 N–H and O–H groups in total. The largest absolute Gasteiger partial charge is 0.478 e. The number of nitrogens with two attached hydrogens (primary N) is 1. The van der Waals surface area contributed by atoms with E-state index in [0.29, 0.717) is 18.5 Å². The van der Waals surface area contributed by atoms with Crippen LogP contribution in [0.4, 0.5) is 4.79 Å². The van der Waals surface area contributed by atoms with Crippen LogP contribution in [0.5, 0.6) is 0 Å². The van der Waals surface area contributed by atoms with E-state index in [4.69, 9.17) is 15.6 Å². The molecule has 0 unspecified atom stereocenters. The summed E-state index contributed by atoms with van der Waals surface area (Å²) in [6.45, 7) is 0.966. The minimum Gasteiger partial charge on any atom is -0.478 e. The highest BCUT2D eigenvalue weighted by Gasteiger charge is 2.05. The van der Waals surface area contributed by atoms with E-state index in [1.807, 2.05) is 0 Å². The summed E-state index contributed by atoms with van der Waals surface area (Å²) in [7, 11) is 0. The van der Waals surface area contributed by atoms with E-state index in [1.165, 1.54) is 12.1 Å². The molecule has 106 valence electrons. The van der Waals surface area contributed by atoms with Gasteiger partial charge in [-0.3, -0.25) is 0 Å². The number of nitrogens with one attached hydrogen (secondary N) is 1. The summed E-state index contributed by atoms with van der Waals surface area (Å²) >= 11 is 0. The van der Waals surface area contributed by atoms with Crippen molar-refractivity contribution in [2.45, 2.75) is 13.0 Å². The monoisotopic (exact) mass is 288 g/mol. The number of aromatic carboxylic acids is 1. The van der Waals surface area contributed by atoms with Gasteiger partial charge in [-0.2, -0.15) is 0 Å². The molecule has 0 aliphatic heterocycles. The van der Waals surface area contributed by atoms with Crippen LogP contribution in [0.25, 0.3) is 0 Å². The van der Waals surface area contributed by atoms with Crippen molar-refractivity contribution >= 4 is 24.5 Å². The summed E-state index contributed by atoms with van der Waals surface area (Å²) in [6, 6.07) is 6.35. The van der Waals surface area contributed by atoms with E-state index in [-0.39, 0.29) is 31.1 Å². The SMILES string of the molecule is Cl.NCCCOC(=O)NCc1cccc(C(=O)O)c1. The lowest BCUT2D eigenvalue weighted by atomic mass is 10.1. The van der Waals surface area contributed by atoms with Gasteiger partial charge in [0.25, 0.3) is 0 Å². The quantitative estimate of drug-likeness (QED) is 0.687. The third kappa shape index (κ3) is 6.64. The zero-order valence-corrected chi connectivity index (χ0v) is 11.1. The molecule has 1 rings (SSSR count). The van der Waals surface area contributed by atoms with Crippen LogP contribution in [0.1, 0.15) is 22.3 Å². The predicted octanol–water partition coefficient (Wildman–Crippen LogP) is 1.38. The van der Waals surface area contributed by atoms with Gasteiger partial charge in [-0.15, -0.1) is 12.4 Å². The fourth-order valence-corrected chi connectivity index (χ4v) is 1.29. The van der Waals surface area contributed by atoms with E-state index in [2.05, 4.69) is 5.32 Å². The third-order valence-electron chi connectivity index (χ3n) is 2.19. The molecule has 0 aromatic heterocycles. The second-order valence-corrected chi connectivity index (χ2v) is 3.64. The van der Waals surface area contributed by atoms with Crippen molar-refractivity contribution < 1.29 is 19.4 Å². The number of halogens is 1. The molecule has 7 heteroatoms. The summed E-state index contributed by atoms with van der Waals surface area (Å²) < 4.78 is 4.84. The number of carboxylic acid groups (broad SMARTS) is 1. The summed E-state index contributed by atoms with van der Waals surface area (Å²) in [5, 5.41) is 11.3. The number of ether oxygens (including phenoxy) is 1. The van der Waals surface area contributed by atoms with Crippen LogP contribution < -0.4 is 11.1 Å². The van der Waals surface area contributed by atoms with E-state index in [1.54, 1.807) is 12.1 Å². The van der Waals surface area contributed by atoms with Crippen LogP contribution in [-0.4, -0.2) is 30.3 Å². The van der Waals surface area contributed by atoms with Gasteiger partial charge in [-0.05, 0) is 30.7 Å². The van der Waals surface area contributed by atoms with Crippen molar-refractivity contribution in [3.05, 3.63) is 35.4 Å². The number of benzene rings is 1. The fraction of sp³-hybridized carbons (Fsp3) is 0.333. The van der Waals surface area contributed by atoms with Crippen LogP contribution in [0, 0.1) is 0 Å². The average Bonchev–Trinajstić information content (AvgIpc) is 2.37. The second kappa shape index (κ2) is 9.18. The smallest absolute Gasteiger partial charge is 0.407 e. The van der Waals surface area contributed by atoms with Crippen LogP contribution in [0.15, 0.2) is 24.3 Å². The van der Waals surface area contributed by atoms with Crippen molar-refractivity contribution in [2.75, 3.05) is 13.2 Å². The van der Waals surface area contributed by atoms with Crippen LogP contribution in [0.3, 0.4) is 0 Å². The molecular formula is C12H17ClN2O4. The molecule has 1 amide bonds. The van der Waals surface area contributed by atoms with Gasteiger partial charge >= 0.3 is 12.1 Å². The third-order valence-corrected chi connectivity index (χ3v) is 2.19. The summed E-state index contributed by atoms with van der Waals surface area (Å²) in [6.07, 6.45) is 0.0752. The molecule has 0 radical (unpaired) electrons. The summed E-state index contributed by atoms with van der Waals surface area (Å²) in [5.74, 6) is -0.998. The van der Waals surface area contributed by atoms with E-state index < -0.39 is 12.1 Å². The van der Waals surface area contributed by atoms with Crippen molar-refractivity contribution in [1.29, 1.82) is 0 Å². The molecule has 0 aliphatic carbocycles. The van der Waals surface area contributed by atoms with Gasteiger partial charge in [-0.25, -0.2) is 9.59 Å². The minimum atomic E-state index is -0.998. The number of carbonyl (C=O) groups excluding carboxylic acids is 1. The second-order valence-electron chi connectivity index (χ2n) is 3.64. The number of rotatable bonds is 6. The number of carbonyl (C=O) groups is 2. The Bertz CT molecular complexity index is 426. The fourth-order valence-electron chi connectivity index (χ4n) is 1.29. The Hall–Kier alpha value is -1.79. The number of alkyl carbamates (subject to hydrolysis) is 1. The van der Waals surface area contributed by atoms with E-state index >= 15 is 0 Å². The average molecular weight is 289 g/mol. The highest BCUT2D eigenvalue weighted by Crippen LogP contribution is 2.05. The first-order chi connectivity index (χ1) is 8.63. The summed E-state index contributed by atoms with van der Waals surface area (Å²) in [5.41, 5.74) is 6.14. The van der Waals surface area contributed by atoms with Gasteiger partial charge in [0, 0.05) is 6.54 Å². The molecule has 1 aromatic rings. The van der Waals surface area contributed by atoms with Crippen LogP contribution >= 0.6 is 12.4 Å².